The van der Waals surface area contributed by atoms with Gasteiger partial charge < -0.3 is 5.32 Å². The zero-order valence-corrected chi connectivity index (χ0v) is 9.15. The van der Waals surface area contributed by atoms with Crippen molar-refractivity contribution < 1.29 is 0 Å². The van der Waals surface area contributed by atoms with Crippen LogP contribution in [-0.2, 0) is 6.54 Å². The monoisotopic (exact) mass is 201 g/mol. The molecule has 1 nitrogen and oxygen atoms in total. The van der Waals surface area contributed by atoms with Crippen LogP contribution in [0.5, 0.6) is 0 Å². The van der Waals surface area contributed by atoms with Gasteiger partial charge in [-0.3, -0.25) is 0 Å². The fourth-order valence-electron chi connectivity index (χ4n) is 3.34. The second-order valence-electron chi connectivity index (χ2n) is 5.15. The molecular formula is C14H19N. The van der Waals surface area contributed by atoms with Gasteiger partial charge in [-0.15, -0.1) is 0 Å². The molecule has 2 bridgehead atoms. The molecular weight excluding hydrogens is 182 g/mol. The maximum Gasteiger partial charge on any atom is 0.0208 e. The van der Waals surface area contributed by atoms with Crippen molar-refractivity contribution in [2.45, 2.75) is 38.3 Å². The molecule has 80 valence electrons. The van der Waals surface area contributed by atoms with E-state index in [0.717, 1.165) is 24.4 Å². The number of hydrogen-bond acceptors (Lipinski definition) is 1. The minimum atomic E-state index is 0.809. The second-order valence-corrected chi connectivity index (χ2v) is 5.15. The predicted molar refractivity (Wildman–Crippen MR) is 62.5 cm³/mol. The molecule has 0 saturated heterocycles. The third-order valence-corrected chi connectivity index (χ3v) is 4.15. The Kier molecular flexibility index (Phi) is 2.49. The molecule has 1 heteroatoms. The van der Waals surface area contributed by atoms with Gasteiger partial charge in [0.1, 0.15) is 0 Å². The second kappa shape index (κ2) is 3.97. The molecule has 0 unspecified atom stereocenters. The average Bonchev–Trinajstić information content (AvgIpc) is 2.89. The summed E-state index contributed by atoms with van der Waals surface area (Å²) in [7, 11) is 0. The van der Waals surface area contributed by atoms with Gasteiger partial charge in [-0.1, -0.05) is 36.8 Å². The van der Waals surface area contributed by atoms with Gasteiger partial charge in [-0.25, -0.2) is 0 Å². The van der Waals surface area contributed by atoms with Crippen molar-refractivity contribution in [2.75, 3.05) is 0 Å². The number of rotatable bonds is 3. The van der Waals surface area contributed by atoms with E-state index in [2.05, 4.69) is 35.6 Å². The van der Waals surface area contributed by atoms with E-state index in [1.807, 2.05) is 0 Å². The third-order valence-electron chi connectivity index (χ3n) is 4.15. The van der Waals surface area contributed by atoms with Crippen LogP contribution in [0.15, 0.2) is 30.3 Å². The highest BCUT2D eigenvalue weighted by Crippen LogP contribution is 2.44. The predicted octanol–water partition coefficient (Wildman–Crippen LogP) is 2.96. The Morgan fingerprint density at radius 1 is 1.07 bits per heavy atom. The van der Waals surface area contributed by atoms with Crippen LogP contribution in [0, 0.1) is 11.8 Å². The van der Waals surface area contributed by atoms with Crippen LogP contribution in [0.1, 0.15) is 31.2 Å². The summed E-state index contributed by atoms with van der Waals surface area (Å²) >= 11 is 0. The van der Waals surface area contributed by atoms with Gasteiger partial charge in [0.25, 0.3) is 0 Å². The summed E-state index contributed by atoms with van der Waals surface area (Å²) < 4.78 is 0. The Morgan fingerprint density at radius 2 is 1.93 bits per heavy atom. The van der Waals surface area contributed by atoms with Gasteiger partial charge in [0.15, 0.2) is 0 Å². The van der Waals surface area contributed by atoms with Crippen LogP contribution in [-0.4, -0.2) is 6.04 Å². The van der Waals surface area contributed by atoms with Crippen LogP contribution in [0.2, 0.25) is 0 Å². The van der Waals surface area contributed by atoms with Gasteiger partial charge in [-0.2, -0.15) is 0 Å². The molecule has 2 fully saturated rings. The number of nitrogens with one attached hydrogen (secondary N) is 1. The minimum absolute atomic E-state index is 0.809. The first-order chi connectivity index (χ1) is 7.42. The molecule has 1 aromatic rings. The highest BCUT2D eigenvalue weighted by atomic mass is 14.9. The Morgan fingerprint density at radius 3 is 2.60 bits per heavy atom. The van der Waals surface area contributed by atoms with E-state index in [-0.39, 0.29) is 0 Å². The molecule has 3 atom stereocenters. The highest BCUT2D eigenvalue weighted by Gasteiger charge is 2.38. The molecule has 2 saturated carbocycles. The number of fused-ring (bicyclic) bond motifs is 2. The van der Waals surface area contributed by atoms with E-state index in [4.69, 9.17) is 0 Å². The quantitative estimate of drug-likeness (QED) is 0.792. The first-order valence-electron chi connectivity index (χ1n) is 6.19. The van der Waals surface area contributed by atoms with Crippen molar-refractivity contribution >= 4 is 0 Å². The molecule has 2 aliphatic carbocycles. The highest BCUT2D eigenvalue weighted by molar-refractivity contribution is 5.14. The minimum Gasteiger partial charge on any atom is -0.310 e. The number of hydrogen-bond donors (Lipinski definition) is 1. The van der Waals surface area contributed by atoms with Crippen molar-refractivity contribution in [3.05, 3.63) is 35.9 Å². The van der Waals surface area contributed by atoms with Crippen molar-refractivity contribution in [3.63, 3.8) is 0 Å². The fourth-order valence-corrected chi connectivity index (χ4v) is 3.34. The number of benzene rings is 1. The van der Waals surface area contributed by atoms with Crippen molar-refractivity contribution in [2.24, 2.45) is 11.8 Å². The Labute approximate surface area is 91.9 Å². The van der Waals surface area contributed by atoms with E-state index in [1.165, 1.54) is 31.2 Å². The molecule has 1 aromatic carbocycles. The van der Waals surface area contributed by atoms with Crippen LogP contribution in [0.25, 0.3) is 0 Å². The van der Waals surface area contributed by atoms with Gasteiger partial charge in [-0.05, 0) is 36.7 Å². The Hall–Kier alpha value is -0.820. The van der Waals surface area contributed by atoms with Gasteiger partial charge >= 0.3 is 0 Å². The van der Waals surface area contributed by atoms with Crippen LogP contribution >= 0.6 is 0 Å². The summed E-state index contributed by atoms with van der Waals surface area (Å²) in [5.74, 6) is 2.03. The molecule has 0 aliphatic heterocycles. The molecule has 2 aliphatic rings. The van der Waals surface area contributed by atoms with Gasteiger partial charge in [0, 0.05) is 12.6 Å². The lowest BCUT2D eigenvalue weighted by Gasteiger charge is -2.22. The first-order valence-corrected chi connectivity index (χ1v) is 6.19. The largest absolute Gasteiger partial charge is 0.310 e. The maximum absolute atomic E-state index is 3.73. The molecule has 0 amide bonds. The lowest BCUT2D eigenvalue weighted by atomic mass is 9.95. The molecule has 0 spiro atoms. The van der Waals surface area contributed by atoms with Crippen molar-refractivity contribution in [3.8, 4) is 0 Å². The topological polar surface area (TPSA) is 12.0 Å². The van der Waals surface area contributed by atoms with Crippen LogP contribution in [0.4, 0.5) is 0 Å². The normalized spacial score (nSPS) is 33.5. The summed E-state index contributed by atoms with van der Waals surface area (Å²) in [5.41, 5.74) is 1.42. The molecule has 15 heavy (non-hydrogen) atoms. The van der Waals surface area contributed by atoms with Crippen LogP contribution < -0.4 is 5.32 Å². The van der Waals surface area contributed by atoms with Crippen LogP contribution in [0.3, 0.4) is 0 Å². The maximum atomic E-state index is 3.73. The lowest BCUT2D eigenvalue weighted by Crippen LogP contribution is -2.33. The standard InChI is InChI=1S/C14H19N/c1-2-4-11(5-3-1)10-15-14-9-12-6-7-13(14)8-12/h1-5,12-15H,6-10H2/t12-,13-,14+/m1/s1. The SMILES string of the molecule is c1ccc(CN[C@H]2C[C@@H]3CC[C@@H]2C3)cc1. The van der Waals surface area contributed by atoms with Gasteiger partial charge in [0.05, 0.1) is 0 Å². The van der Waals surface area contributed by atoms with Gasteiger partial charge in [0.2, 0.25) is 0 Å². The van der Waals surface area contributed by atoms with E-state index >= 15 is 0 Å². The summed E-state index contributed by atoms with van der Waals surface area (Å²) in [6.07, 6.45) is 5.88. The third kappa shape index (κ3) is 1.93. The average molecular weight is 201 g/mol. The fraction of sp³-hybridized carbons (Fsp3) is 0.571. The summed E-state index contributed by atoms with van der Waals surface area (Å²) in [6.45, 7) is 1.05. The molecule has 0 heterocycles. The first kappa shape index (κ1) is 9.41. The Balaban J connectivity index is 1.55. The summed E-state index contributed by atoms with van der Waals surface area (Å²) in [4.78, 5) is 0. The molecule has 0 radical (unpaired) electrons. The van der Waals surface area contributed by atoms with E-state index in [9.17, 15) is 0 Å². The van der Waals surface area contributed by atoms with E-state index in [0.29, 0.717) is 0 Å². The summed E-state index contributed by atoms with van der Waals surface area (Å²) in [6, 6.07) is 11.6. The van der Waals surface area contributed by atoms with Crippen molar-refractivity contribution in [1.29, 1.82) is 0 Å². The molecule has 0 aromatic heterocycles. The Bertz CT molecular complexity index is 319. The smallest absolute Gasteiger partial charge is 0.0208 e. The summed E-state index contributed by atoms with van der Waals surface area (Å²) in [5, 5.41) is 3.73. The molecule has 3 rings (SSSR count). The van der Waals surface area contributed by atoms with Crippen molar-refractivity contribution in [1.82, 2.24) is 5.32 Å². The van der Waals surface area contributed by atoms with E-state index in [1.54, 1.807) is 0 Å². The zero-order valence-electron chi connectivity index (χ0n) is 9.15. The zero-order chi connectivity index (χ0) is 10.1. The lowest BCUT2D eigenvalue weighted by molar-refractivity contribution is 0.351. The van der Waals surface area contributed by atoms with E-state index < -0.39 is 0 Å². The molecule has 1 N–H and O–H groups in total.